The molecule has 7 aliphatic rings. The monoisotopic (exact) mass is 574 g/mol. The molecule has 0 unspecified atom stereocenters. The van der Waals surface area contributed by atoms with E-state index in [1.165, 1.54) is 51.4 Å². The fourth-order valence-electron chi connectivity index (χ4n) is 12.8. The number of carbonyl (C=O) groups excluding carboxylic acids is 1. The van der Waals surface area contributed by atoms with Crippen LogP contribution in [0.2, 0.25) is 0 Å². The minimum atomic E-state index is -0.190. The van der Waals surface area contributed by atoms with Crippen molar-refractivity contribution in [3.8, 4) is 0 Å². The van der Waals surface area contributed by atoms with Gasteiger partial charge in [0.05, 0.1) is 24.9 Å². The molecular weight excluding hydrogens is 514 g/mol. The average molecular weight is 575 g/mol. The number of hydrogen-bond donors (Lipinski definition) is 3. The Morgan fingerprint density at radius 3 is 2.15 bits per heavy atom. The zero-order valence-electron chi connectivity index (χ0n) is 27.2. The molecule has 0 aromatic heterocycles. The molecule has 41 heavy (non-hydrogen) atoms. The first-order valence-corrected chi connectivity index (χ1v) is 17.1. The Morgan fingerprint density at radius 2 is 1.49 bits per heavy atom. The molecule has 0 radical (unpaired) electrons. The molecule has 2 heterocycles. The van der Waals surface area contributed by atoms with E-state index in [1.54, 1.807) is 0 Å². The molecule has 0 amide bonds. The van der Waals surface area contributed by atoms with Gasteiger partial charge in [-0.1, -0.05) is 48.5 Å². The third-order valence-corrected chi connectivity index (χ3v) is 15.2. The van der Waals surface area contributed by atoms with Gasteiger partial charge in [0.1, 0.15) is 19.2 Å². The van der Waals surface area contributed by atoms with Gasteiger partial charge < -0.3 is 24.6 Å². The standard InChI is InChI=1S/C35H59NO5/c1-30(2)14-16-35-17-15-33(6)23(28(35)29(30)41-35)8-9-25-32(5)12-11-26(31(3,4)24(32)10-13-34(25,33)7)40-27(39)22-36(18-20-37)19-21-38/h23-26,28-29,37-38H,8-22H2,1-7H3/p+1/t23-,24+,25-,26+,28+,29+,32+,33-,34-,35+/m1/s1. The number of hydrogen-bond acceptors (Lipinski definition) is 5. The van der Waals surface area contributed by atoms with Crippen LogP contribution >= 0.6 is 0 Å². The fourth-order valence-corrected chi connectivity index (χ4v) is 12.8. The lowest BCUT2D eigenvalue weighted by atomic mass is 9.31. The molecule has 2 bridgehead atoms. The SMILES string of the molecule is CC1(C)CC[C@]23CC[C@]4(C)[C@H](CC[C@@H]5[C@@]6(C)CC[C@H](OC(=O)C[NH+](CCO)CCO)C(C)(C)[C@@H]6CC[C@]54C)[C@H]2[C@@H]1O3. The molecule has 234 valence electrons. The van der Waals surface area contributed by atoms with Crippen molar-refractivity contribution in [1.29, 1.82) is 0 Å². The van der Waals surface area contributed by atoms with Gasteiger partial charge in [0.2, 0.25) is 0 Å². The van der Waals surface area contributed by atoms with Crippen LogP contribution in [0.15, 0.2) is 0 Å². The van der Waals surface area contributed by atoms with Crippen LogP contribution in [0.1, 0.15) is 113 Å². The van der Waals surface area contributed by atoms with Crippen molar-refractivity contribution in [2.75, 3.05) is 32.8 Å². The highest BCUT2D eigenvalue weighted by Gasteiger charge is 2.75. The summed E-state index contributed by atoms with van der Waals surface area (Å²) >= 11 is 0. The molecule has 0 aromatic rings. The van der Waals surface area contributed by atoms with Crippen LogP contribution in [-0.4, -0.2) is 66.8 Å². The lowest BCUT2D eigenvalue weighted by Gasteiger charge is -2.77. The summed E-state index contributed by atoms with van der Waals surface area (Å²) in [5, 5.41) is 18.8. The summed E-state index contributed by atoms with van der Waals surface area (Å²) in [6.07, 6.45) is 12.8. The van der Waals surface area contributed by atoms with Gasteiger partial charge in [0.15, 0.2) is 6.54 Å². The fraction of sp³-hybridized carbons (Fsp3) is 0.971. The van der Waals surface area contributed by atoms with Crippen LogP contribution in [0.4, 0.5) is 0 Å². The number of quaternary nitrogens is 1. The van der Waals surface area contributed by atoms with Gasteiger partial charge in [-0.05, 0) is 104 Å². The zero-order chi connectivity index (χ0) is 29.6. The van der Waals surface area contributed by atoms with E-state index in [0.717, 1.165) is 29.6 Å². The van der Waals surface area contributed by atoms with Gasteiger partial charge in [-0.15, -0.1) is 0 Å². The van der Waals surface area contributed by atoms with Crippen LogP contribution in [0.3, 0.4) is 0 Å². The summed E-state index contributed by atoms with van der Waals surface area (Å²) in [7, 11) is 0. The largest absolute Gasteiger partial charge is 0.458 e. The van der Waals surface area contributed by atoms with Crippen LogP contribution in [-0.2, 0) is 14.3 Å². The molecule has 2 aliphatic heterocycles. The molecule has 10 atom stereocenters. The highest BCUT2D eigenvalue weighted by molar-refractivity contribution is 5.70. The molecule has 7 rings (SSSR count). The maximum atomic E-state index is 13.1. The van der Waals surface area contributed by atoms with Gasteiger partial charge in [-0.3, -0.25) is 0 Å². The minimum Gasteiger partial charge on any atom is -0.458 e. The maximum Gasteiger partial charge on any atom is 0.362 e. The van der Waals surface area contributed by atoms with Crippen LogP contribution in [0.25, 0.3) is 0 Å². The smallest absolute Gasteiger partial charge is 0.362 e. The van der Waals surface area contributed by atoms with Crippen molar-refractivity contribution < 1.29 is 29.4 Å². The molecule has 3 N–H and O–H groups in total. The highest BCUT2D eigenvalue weighted by Crippen LogP contribution is 2.78. The van der Waals surface area contributed by atoms with E-state index in [2.05, 4.69) is 48.5 Å². The normalized spacial score (nSPS) is 49.1. The summed E-state index contributed by atoms with van der Waals surface area (Å²) in [5.41, 5.74) is 1.39. The third kappa shape index (κ3) is 4.19. The summed E-state index contributed by atoms with van der Waals surface area (Å²) in [5.74, 6) is 2.59. The number of aliphatic hydroxyl groups is 2. The predicted molar refractivity (Wildman–Crippen MR) is 159 cm³/mol. The van der Waals surface area contributed by atoms with E-state index >= 15 is 0 Å². The zero-order valence-corrected chi connectivity index (χ0v) is 27.2. The first-order chi connectivity index (χ1) is 19.2. The Balaban J connectivity index is 1.21. The van der Waals surface area contributed by atoms with Crippen molar-refractivity contribution in [2.24, 2.45) is 50.7 Å². The maximum absolute atomic E-state index is 13.1. The van der Waals surface area contributed by atoms with Gasteiger partial charge in [0, 0.05) is 11.3 Å². The summed E-state index contributed by atoms with van der Waals surface area (Å²) in [6.45, 7) is 18.8. The molecule has 2 saturated heterocycles. The molecule has 6 heteroatoms. The van der Waals surface area contributed by atoms with E-state index in [-0.39, 0.29) is 48.3 Å². The number of nitrogens with one attached hydrogen (secondary N) is 1. The number of ether oxygens (including phenoxy) is 2. The molecule has 5 saturated carbocycles. The highest BCUT2D eigenvalue weighted by atomic mass is 16.5. The van der Waals surface area contributed by atoms with Gasteiger partial charge >= 0.3 is 5.97 Å². The molecule has 6 nitrogen and oxygen atoms in total. The first kappa shape index (κ1) is 30.3. The van der Waals surface area contributed by atoms with Crippen LogP contribution in [0, 0.1) is 50.7 Å². The molecule has 5 aliphatic carbocycles. The quantitative estimate of drug-likeness (QED) is 0.393. The van der Waals surface area contributed by atoms with E-state index in [4.69, 9.17) is 9.47 Å². The second-order valence-corrected chi connectivity index (χ2v) is 17.5. The van der Waals surface area contributed by atoms with Gasteiger partial charge in [-0.2, -0.15) is 0 Å². The molecule has 1 spiro atoms. The number of fused-ring (bicyclic) bond motifs is 7. The summed E-state index contributed by atoms with van der Waals surface area (Å²) < 4.78 is 13.1. The molecule has 7 fully saturated rings. The predicted octanol–water partition coefficient (Wildman–Crippen LogP) is 4.41. The number of carbonyl (C=O) groups is 1. The van der Waals surface area contributed by atoms with E-state index in [9.17, 15) is 15.0 Å². The van der Waals surface area contributed by atoms with Crippen LogP contribution < -0.4 is 4.90 Å². The van der Waals surface area contributed by atoms with Crippen molar-refractivity contribution in [2.45, 2.75) is 130 Å². The first-order valence-electron chi connectivity index (χ1n) is 17.1. The third-order valence-electron chi connectivity index (χ3n) is 15.2. The van der Waals surface area contributed by atoms with Crippen molar-refractivity contribution >= 4 is 5.97 Å². The van der Waals surface area contributed by atoms with E-state index < -0.39 is 0 Å². The summed E-state index contributed by atoms with van der Waals surface area (Å²) in [4.78, 5) is 13.9. The Labute approximate surface area is 249 Å². The minimum absolute atomic E-state index is 0.00503. The average Bonchev–Trinajstić information content (AvgIpc) is 2.87. The van der Waals surface area contributed by atoms with Crippen molar-refractivity contribution in [3.05, 3.63) is 0 Å². The van der Waals surface area contributed by atoms with Gasteiger partial charge in [0.25, 0.3) is 0 Å². The van der Waals surface area contributed by atoms with E-state index in [1.807, 2.05) is 0 Å². The Bertz CT molecular complexity index is 1020. The number of esters is 1. The lowest BCUT2D eigenvalue weighted by molar-refractivity contribution is -0.893. The lowest BCUT2D eigenvalue weighted by Crippen LogP contribution is -3.14. The van der Waals surface area contributed by atoms with Crippen LogP contribution in [0.5, 0.6) is 0 Å². The topological polar surface area (TPSA) is 80.4 Å². The second kappa shape index (κ2) is 9.91. The Kier molecular flexibility index (Phi) is 7.33. The van der Waals surface area contributed by atoms with Crippen molar-refractivity contribution in [3.63, 3.8) is 0 Å². The Morgan fingerprint density at radius 1 is 0.805 bits per heavy atom. The molecule has 0 aromatic carbocycles. The van der Waals surface area contributed by atoms with Crippen molar-refractivity contribution in [1.82, 2.24) is 0 Å². The Hall–Kier alpha value is -0.690. The van der Waals surface area contributed by atoms with E-state index in [0.29, 0.717) is 47.3 Å². The number of aliphatic hydroxyl groups excluding tert-OH is 2. The molecular formula is C35H60NO5+. The summed E-state index contributed by atoms with van der Waals surface area (Å²) in [6, 6.07) is 0. The second-order valence-electron chi connectivity index (χ2n) is 17.5. The number of rotatable bonds is 7. The van der Waals surface area contributed by atoms with Gasteiger partial charge in [-0.25, -0.2) is 4.79 Å².